The fourth-order valence-electron chi connectivity index (χ4n) is 2.02. The van der Waals surface area contributed by atoms with Gasteiger partial charge in [0, 0.05) is 12.1 Å². The number of nitrogens with zero attached hydrogens (tertiary/aromatic N) is 1. The zero-order valence-corrected chi connectivity index (χ0v) is 12.6. The van der Waals surface area contributed by atoms with Crippen LogP contribution >= 0.6 is 0 Å². The van der Waals surface area contributed by atoms with E-state index in [0.29, 0.717) is 11.5 Å². The van der Waals surface area contributed by atoms with Gasteiger partial charge in [-0.15, -0.1) is 0 Å². The van der Waals surface area contributed by atoms with Crippen molar-refractivity contribution in [3.63, 3.8) is 0 Å². The molecule has 0 aliphatic carbocycles. The van der Waals surface area contributed by atoms with Gasteiger partial charge in [-0.2, -0.15) is 0 Å². The highest BCUT2D eigenvalue weighted by Gasteiger charge is 2.10. The summed E-state index contributed by atoms with van der Waals surface area (Å²) in [5.74, 6) is 0.570. The molecule has 0 bridgehead atoms. The van der Waals surface area contributed by atoms with Crippen LogP contribution in [-0.2, 0) is 6.61 Å². The Bertz CT molecular complexity index is 583. The highest BCUT2D eigenvalue weighted by Crippen LogP contribution is 2.23. The lowest BCUT2D eigenvalue weighted by atomic mass is 10.1. The second kappa shape index (κ2) is 7.22. The van der Waals surface area contributed by atoms with Crippen molar-refractivity contribution in [2.24, 2.45) is 0 Å². The van der Waals surface area contributed by atoms with Crippen molar-refractivity contribution in [3.05, 3.63) is 47.1 Å². The molecule has 1 heterocycles. The van der Waals surface area contributed by atoms with Crippen molar-refractivity contribution in [1.82, 2.24) is 10.5 Å². The monoisotopic (exact) mass is 292 g/mol. The quantitative estimate of drug-likeness (QED) is 0.844. The van der Waals surface area contributed by atoms with Crippen LogP contribution in [0.2, 0.25) is 0 Å². The predicted octanol–water partition coefficient (Wildman–Crippen LogP) is 3.76. The van der Waals surface area contributed by atoms with Crippen LogP contribution in [0.4, 0.5) is 4.39 Å². The van der Waals surface area contributed by atoms with Gasteiger partial charge in [0.1, 0.15) is 18.1 Å². The molecule has 0 saturated heterocycles. The van der Waals surface area contributed by atoms with Crippen LogP contribution < -0.4 is 10.1 Å². The fraction of sp³-hybridized carbons (Fsp3) is 0.438. The van der Waals surface area contributed by atoms with Gasteiger partial charge in [-0.1, -0.05) is 18.1 Å². The summed E-state index contributed by atoms with van der Waals surface area (Å²) in [5.41, 5.74) is 1.56. The first-order chi connectivity index (χ1) is 10.1. The Morgan fingerprint density at radius 2 is 2.19 bits per heavy atom. The molecule has 1 unspecified atom stereocenters. The molecule has 4 nitrogen and oxygen atoms in total. The Hall–Kier alpha value is -1.88. The SMILES string of the molecule is CCCNC(C)c1ccc(OCc2cc(C)on2)c(F)c1. The average Bonchev–Trinajstić information content (AvgIpc) is 2.89. The third-order valence-electron chi connectivity index (χ3n) is 3.21. The molecule has 0 aliphatic rings. The maximum absolute atomic E-state index is 14.0. The molecule has 0 saturated carbocycles. The van der Waals surface area contributed by atoms with E-state index in [-0.39, 0.29) is 24.2 Å². The molecule has 0 amide bonds. The van der Waals surface area contributed by atoms with Crippen LogP contribution in [0.25, 0.3) is 0 Å². The molecule has 114 valence electrons. The Balaban J connectivity index is 1.98. The summed E-state index contributed by atoms with van der Waals surface area (Å²) in [6.07, 6.45) is 1.05. The molecule has 1 aromatic carbocycles. The van der Waals surface area contributed by atoms with Gasteiger partial charge in [0.25, 0.3) is 0 Å². The van der Waals surface area contributed by atoms with Crippen molar-refractivity contribution in [2.45, 2.75) is 39.8 Å². The number of ether oxygens (including phenoxy) is 1. The van der Waals surface area contributed by atoms with Crippen LogP contribution in [0.3, 0.4) is 0 Å². The van der Waals surface area contributed by atoms with E-state index in [1.165, 1.54) is 6.07 Å². The molecule has 1 N–H and O–H groups in total. The third-order valence-corrected chi connectivity index (χ3v) is 3.21. The summed E-state index contributed by atoms with van der Waals surface area (Å²) in [4.78, 5) is 0. The zero-order valence-electron chi connectivity index (χ0n) is 12.6. The molecule has 2 aromatic rings. The van der Waals surface area contributed by atoms with Gasteiger partial charge in [-0.05, 0) is 44.5 Å². The summed E-state index contributed by atoms with van der Waals surface area (Å²) in [7, 11) is 0. The summed E-state index contributed by atoms with van der Waals surface area (Å²) < 4.78 is 24.4. The second-order valence-corrected chi connectivity index (χ2v) is 5.08. The Morgan fingerprint density at radius 1 is 1.38 bits per heavy atom. The highest BCUT2D eigenvalue weighted by molar-refractivity contribution is 5.31. The van der Waals surface area contributed by atoms with Gasteiger partial charge < -0.3 is 14.6 Å². The summed E-state index contributed by atoms with van der Waals surface area (Å²) in [5, 5.41) is 7.13. The molecule has 0 radical (unpaired) electrons. The van der Waals surface area contributed by atoms with E-state index >= 15 is 0 Å². The number of hydrogen-bond acceptors (Lipinski definition) is 4. The van der Waals surface area contributed by atoms with Gasteiger partial charge in [-0.3, -0.25) is 0 Å². The minimum Gasteiger partial charge on any atom is -0.484 e. The van der Waals surface area contributed by atoms with E-state index in [4.69, 9.17) is 9.26 Å². The molecule has 2 rings (SSSR count). The van der Waals surface area contributed by atoms with E-state index in [9.17, 15) is 4.39 Å². The highest BCUT2D eigenvalue weighted by atomic mass is 19.1. The smallest absolute Gasteiger partial charge is 0.165 e. The van der Waals surface area contributed by atoms with Gasteiger partial charge in [0.2, 0.25) is 0 Å². The van der Waals surface area contributed by atoms with Crippen LogP contribution in [0, 0.1) is 12.7 Å². The van der Waals surface area contributed by atoms with E-state index < -0.39 is 0 Å². The summed E-state index contributed by atoms with van der Waals surface area (Å²) in [6.45, 7) is 7.02. The van der Waals surface area contributed by atoms with E-state index in [1.807, 2.05) is 13.0 Å². The summed E-state index contributed by atoms with van der Waals surface area (Å²) >= 11 is 0. The van der Waals surface area contributed by atoms with Crippen molar-refractivity contribution in [1.29, 1.82) is 0 Å². The number of rotatable bonds is 7. The minimum atomic E-state index is -0.363. The van der Waals surface area contributed by atoms with Crippen LogP contribution in [0.5, 0.6) is 5.75 Å². The lowest BCUT2D eigenvalue weighted by Gasteiger charge is -2.14. The molecular weight excluding hydrogens is 271 g/mol. The van der Waals surface area contributed by atoms with Gasteiger partial charge in [-0.25, -0.2) is 4.39 Å². The van der Waals surface area contributed by atoms with Gasteiger partial charge in [0.05, 0.1) is 0 Å². The topological polar surface area (TPSA) is 47.3 Å². The summed E-state index contributed by atoms with van der Waals surface area (Å²) in [6, 6.07) is 6.92. The van der Waals surface area contributed by atoms with E-state index in [0.717, 1.165) is 18.5 Å². The molecule has 1 atom stereocenters. The van der Waals surface area contributed by atoms with E-state index in [2.05, 4.69) is 17.4 Å². The van der Waals surface area contributed by atoms with Crippen LogP contribution in [0.1, 0.15) is 43.3 Å². The molecule has 0 aliphatic heterocycles. The largest absolute Gasteiger partial charge is 0.484 e. The van der Waals surface area contributed by atoms with E-state index in [1.54, 1.807) is 19.1 Å². The first kappa shape index (κ1) is 15.5. The fourth-order valence-corrected chi connectivity index (χ4v) is 2.02. The van der Waals surface area contributed by atoms with Gasteiger partial charge >= 0.3 is 0 Å². The molecular formula is C16H21FN2O2. The van der Waals surface area contributed by atoms with Crippen LogP contribution in [-0.4, -0.2) is 11.7 Å². The molecule has 1 aromatic heterocycles. The predicted molar refractivity (Wildman–Crippen MR) is 78.7 cm³/mol. The first-order valence-corrected chi connectivity index (χ1v) is 7.18. The average molecular weight is 292 g/mol. The molecule has 21 heavy (non-hydrogen) atoms. The number of aromatic nitrogens is 1. The first-order valence-electron chi connectivity index (χ1n) is 7.18. The normalized spacial score (nSPS) is 12.4. The Kier molecular flexibility index (Phi) is 5.33. The van der Waals surface area contributed by atoms with Crippen LogP contribution in [0.15, 0.2) is 28.8 Å². The number of halogens is 1. The molecule has 5 heteroatoms. The Labute approximate surface area is 124 Å². The number of hydrogen-bond donors (Lipinski definition) is 1. The van der Waals surface area contributed by atoms with Crippen molar-refractivity contribution in [3.8, 4) is 5.75 Å². The molecule has 0 spiro atoms. The Morgan fingerprint density at radius 3 is 2.81 bits per heavy atom. The van der Waals surface area contributed by atoms with Gasteiger partial charge in [0.15, 0.2) is 11.6 Å². The maximum Gasteiger partial charge on any atom is 0.165 e. The maximum atomic E-state index is 14.0. The lowest BCUT2D eigenvalue weighted by molar-refractivity contribution is 0.275. The number of aryl methyl sites for hydroxylation is 1. The van der Waals surface area contributed by atoms with Crippen molar-refractivity contribution >= 4 is 0 Å². The lowest BCUT2D eigenvalue weighted by Crippen LogP contribution is -2.19. The number of nitrogens with one attached hydrogen (secondary N) is 1. The van der Waals surface area contributed by atoms with Crippen molar-refractivity contribution in [2.75, 3.05) is 6.54 Å². The zero-order chi connectivity index (χ0) is 15.2. The standard InChI is InChI=1S/C16H21FN2O2/c1-4-7-18-12(3)13-5-6-16(15(17)9-13)20-10-14-8-11(2)21-19-14/h5-6,8-9,12,18H,4,7,10H2,1-3H3. The third kappa shape index (κ3) is 4.29. The second-order valence-electron chi connectivity index (χ2n) is 5.08. The minimum absolute atomic E-state index is 0.117. The molecule has 0 fully saturated rings. The van der Waals surface area contributed by atoms with Crippen molar-refractivity contribution < 1.29 is 13.7 Å². The number of benzene rings is 1.